The number of imidazole rings is 1. The Bertz CT molecular complexity index is 3450. The Morgan fingerprint density at radius 2 is 1.10 bits per heavy atom. The Balaban J connectivity index is 1.08. The van der Waals surface area contributed by atoms with E-state index in [1.54, 1.807) is 0 Å². The Morgan fingerprint density at radius 1 is 0.467 bits per heavy atom. The summed E-state index contributed by atoms with van der Waals surface area (Å²) in [7, 11) is 0. The quantitative estimate of drug-likeness (QED) is 0.160. The average Bonchev–Trinajstić information content (AvgIpc) is 3.80. The Kier molecular flexibility index (Phi) is 7.74. The number of allylic oxidation sites excluding steroid dienone is 4. The number of rotatable bonds is 5. The van der Waals surface area contributed by atoms with Gasteiger partial charge in [0.05, 0.1) is 11.0 Å². The first-order valence-electron chi connectivity index (χ1n) is 21.2. The zero-order valence-electron chi connectivity index (χ0n) is 33.8. The zero-order valence-corrected chi connectivity index (χ0v) is 33.8. The van der Waals surface area contributed by atoms with Crippen molar-refractivity contribution < 1.29 is 0 Å². The highest BCUT2D eigenvalue weighted by Crippen LogP contribution is 2.51. The summed E-state index contributed by atoms with van der Waals surface area (Å²) < 4.78 is 2.32. The topological polar surface area (TPSA) is 17.8 Å². The maximum atomic E-state index is 5.20. The summed E-state index contributed by atoms with van der Waals surface area (Å²) in [5.41, 5.74) is 17.2. The molecule has 9 aromatic carbocycles. The van der Waals surface area contributed by atoms with Crippen LogP contribution in [0.25, 0.3) is 105 Å². The summed E-state index contributed by atoms with van der Waals surface area (Å²) in [5, 5.41) is 7.51. The van der Waals surface area contributed by atoms with Crippen LogP contribution in [0.15, 0.2) is 194 Å². The van der Waals surface area contributed by atoms with Crippen molar-refractivity contribution in [2.45, 2.75) is 32.1 Å². The molecule has 0 saturated heterocycles. The normalized spacial score (nSPS) is 14.2. The fraction of sp³-hybridized carbons (Fsp3) is 0.0862. The van der Waals surface area contributed by atoms with Crippen molar-refractivity contribution >= 4 is 49.0 Å². The molecule has 10 aromatic rings. The molecule has 12 rings (SSSR count). The molecule has 284 valence electrons. The van der Waals surface area contributed by atoms with Crippen LogP contribution in [0.4, 0.5) is 0 Å². The van der Waals surface area contributed by atoms with Crippen molar-refractivity contribution in [2.24, 2.45) is 0 Å². The summed E-state index contributed by atoms with van der Waals surface area (Å²) in [6.45, 7) is 4.75. The minimum Gasteiger partial charge on any atom is -0.293 e. The van der Waals surface area contributed by atoms with E-state index in [2.05, 4.69) is 213 Å². The second-order valence-corrected chi connectivity index (χ2v) is 17.0. The number of fused-ring (bicyclic) bond motifs is 7. The molecular weight excluding hydrogens is 725 g/mol. The number of hydrogen-bond acceptors (Lipinski definition) is 1. The fourth-order valence-electron chi connectivity index (χ4n) is 10.2. The lowest BCUT2D eigenvalue weighted by atomic mass is 9.80. The first-order valence-corrected chi connectivity index (χ1v) is 21.2. The number of para-hydroxylation sites is 2. The molecule has 2 aliphatic rings. The molecule has 0 aliphatic heterocycles. The van der Waals surface area contributed by atoms with E-state index in [0.29, 0.717) is 0 Å². The van der Waals surface area contributed by atoms with Crippen LogP contribution in [0.5, 0.6) is 0 Å². The summed E-state index contributed by atoms with van der Waals surface area (Å²) in [4.78, 5) is 5.20. The van der Waals surface area contributed by atoms with E-state index < -0.39 is 0 Å². The van der Waals surface area contributed by atoms with Gasteiger partial charge >= 0.3 is 0 Å². The number of hydrogen-bond donors (Lipinski definition) is 0. The second-order valence-electron chi connectivity index (χ2n) is 17.0. The number of aromatic nitrogens is 2. The predicted octanol–water partition coefficient (Wildman–Crippen LogP) is 15.7. The van der Waals surface area contributed by atoms with E-state index in [0.717, 1.165) is 35.3 Å². The van der Waals surface area contributed by atoms with E-state index in [1.807, 2.05) is 0 Å². The molecule has 0 spiro atoms. The van der Waals surface area contributed by atoms with Gasteiger partial charge in [0.1, 0.15) is 5.82 Å². The van der Waals surface area contributed by atoms with Crippen LogP contribution in [0.2, 0.25) is 0 Å². The third-order valence-corrected chi connectivity index (χ3v) is 13.2. The van der Waals surface area contributed by atoms with Crippen LogP contribution in [0.1, 0.15) is 37.8 Å². The molecule has 2 nitrogen and oxygen atoms in total. The average molecular weight is 767 g/mol. The van der Waals surface area contributed by atoms with Gasteiger partial charge in [-0.15, -0.1) is 0 Å². The third-order valence-electron chi connectivity index (χ3n) is 13.2. The Labute approximate surface area is 350 Å². The molecule has 2 aliphatic carbocycles. The molecule has 1 aromatic heterocycles. The monoisotopic (exact) mass is 766 g/mol. The van der Waals surface area contributed by atoms with Gasteiger partial charge in [0.15, 0.2) is 0 Å². The van der Waals surface area contributed by atoms with Gasteiger partial charge < -0.3 is 0 Å². The van der Waals surface area contributed by atoms with Crippen molar-refractivity contribution in [3.8, 4) is 55.9 Å². The molecule has 0 amide bonds. The van der Waals surface area contributed by atoms with Crippen molar-refractivity contribution in [2.75, 3.05) is 0 Å². The first-order chi connectivity index (χ1) is 29.5. The third kappa shape index (κ3) is 5.30. The molecule has 1 heterocycles. The Morgan fingerprint density at radius 3 is 1.93 bits per heavy atom. The standard InChI is InChI=1S/C58H42N2/c1-58(2)51-21-11-10-18-45(51)46-32-31-43(36-52(46)58)56-48-20-9-8-19-47(48)55(49-33-30-42(35-50(49)56)41-29-24-37-14-6-7-15-40(37)34-41)38-25-27-39(28-26-38)57-59-53-22-12-13-23-54(53)60(57)44-16-4-3-5-17-44/h4,6-36H,3,5H2,1-2H3. The summed E-state index contributed by atoms with van der Waals surface area (Å²) in [6, 6.07) is 65.4. The maximum absolute atomic E-state index is 5.20. The van der Waals surface area contributed by atoms with Gasteiger partial charge in [0.25, 0.3) is 0 Å². The summed E-state index contributed by atoms with van der Waals surface area (Å²) >= 11 is 0. The van der Waals surface area contributed by atoms with Crippen LogP contribution in [0.3, 0.4) is 0 Å². The minimum atomic E-state index is -0.101. The van der Waals surface area contributed by atoms with E-state index in [-0.39, 0.29) is 5.41 Å². The fourth-order valence-corrected chi connectivity index (χ4v) is 10.2. The molecule has 0 saturated carbocycles. The summed E-state index contributed by atoms with van der Waals surface area (Å²) in [6.07, 6.45) is 8.95. The van der Waals surface area contributed by atoms with E-state index >= 15 is 0 Å². The molecule has 0 unspecified atom stereocenters. The lowest BCUT2D eigenvalue weighted by Crippen LogP contribution is -2.14. The smallest absolute Gasteiger partial charge is 0.145 e. The van der Waals surface area contributed by atoms with Gasteiger partial charge in [-0.05, 0) is 137 Å². The van der Waals surface area contributed by atoms with E-state index in [1.165, 1.54) is 93.6 Å². The van der Waals surface area contributed by atoms with Crippen LogP contribution in [0, 0.1) is 0 Å². The van der Waals surface area contributed by atoms with Gasteiger partial charge in [0, 0.05) is 16.7 Å². The van der Waals surface area contributed by atoms with Crippen molar-refractivity contribution in [3.05, 3.63) is 205 Å². The van der Waals surface area contributed by atoms with Crippen LogP contribution in [-0.4, -0.2) is 9.55 Å². The van der Waals surface area contributed by atoms with Gasteiger partial charge in [-0.2, -0.15) is 0 Å². The number of nitrogens with zero attached hydrogens (tertiary/aromatic N) is 2. The second kappa shape index (κ2) is 13.4. The first kappa shape index (κ1) is 34.7. The van der Waals surface area contributed by atoms with Gasteiger partial charge in [-0.1, -0.05) is 172 Å². The number of benzene rings is 9. The van der Waals surface area contributed by atoms with Crippen molar-refractivity contribution in [3.63, 3.8) is 0 Å². The highest BCUT2D eigenvalue weighted by Gasteiger charge is 2.35. The minimum absolute atomic E-state index is 0.101. The van der Waals surface area contributed by atoms with Gasteiger partial charge in [-0.3, -0.25) is 4.57 Å². The predicted molar refractivity (Wildman–Crippen MR) is 254 cm³/mol. The molecule has 0 radical (unpaired) electrons. The Hall–Kier alpha value is -7.29. The van der Waals surface area contributed by atoms with E-state index in [4.69, 9.17) is 4.98 Å². The van der Waals surface area contributed by atoms with Gasteiger partial charge in [-0.25, -0.2) is 4.98 Å². The lowest BCUT2D eigenvalue weighted by Gasteiger charge is -2.23. The van der Waals surface area contributed by atoms with Crippen LogP contribution < -0.4 is 0 Å². The molecule has 2 heteroatoms. The van der Waals surface area contributed by atoms with Crippen molar-refractivity contribution in [1.82, 2.24) is 9.55 Å². The molecule has 0 bridgehead atoms. The lowest BCUT2D eigenvalue weighted by molar-refractivity contribution is 0.660. The SMILES string of the molecule is CC1(C)c2ccccc2-c2ccc(-c3c4ccccc4c(-c4ccc(-c5nc6ccccc6n5C5=CCCC=C5)cc4)c4ccc(-c5ccc6ccccc6c5)cc34)cc21. The highest BCUT2D eigenvalue weighted by molar-refractivity contribution is 6.22. The van der Waals surface area contributed by atoms with E-state index in [9.17, 15) is 0 Å². The van der Waals surface area contributed by atoms with Crippen molar-refractivity contribution in [1.29, 1.82) is 0 Å². The summed E-state index contributed by atoms with van der Waals surface area (Å²) in [5.74, 6) is 0.965. The molecule has 60 heavy (non-hydrogen) atoms. The maximum Gasteiger partial charge on any atom is 0.145 e. The highest BCUT2D eigenvalue weighted by atomic mass is 15.1. The van der Waals surface area contributed by atoms with Crippen LogP contribution >= 0.6 is 0 Å². The zero-order chi connectivity index (χ0) is 40.0. The van der Waals surface area contributed by atoms with Gasteiger partial charge in [0.2, 0.25) is 0 Å². The molecular formula is C58H42N2. The van der Waals surface area contributed by atoms with Crippen LogP contribution in [-0.2, 0) is 5.41 Å². The molecule has 0 fully saturated rings. The largest absolute Gasteiger partial charge is 0.293 e. The molecule has 0 atom stereocenters. The molecule has 0 N–H and O–H groups in total.